The lowest BCUT2D eigenvalue weighted by molar-refractivity contribution is 0.123. The lowest BCUT2D eigenvalue weighted by Crippen LogP contribution is -2.36. The van der Waals surface area contributed by atoms with Gasteiger partial charge in [-0.3, -0.25) is 0 Å². The summed E-state index contributed by atoms with van der Waals surface area (Å²) in [6.07, 6.45) is 2.39. The highest BCUT2D eigenvalue weighted by Gasteiger charge is 2.23. The summed E-state index contributed by atoms with van der Waals surface area (Å²) in [5.41, 5.74) is 5.58. The number of likely N-dealkylation sites (tertiary alicyclic amines) is 1. The van der Waals surface area contributed by atoms with Crippen LogP contribution in [0.3, 0.4) is 0 Å². The number of hydrogen-bond acceptors (Lipinski definition) is 3. The van der Waals surface area contributed by atoms with Crippen molar-refractivity contribution >= 4 is 0 Å². The monoisotopic (exact) mass is 172 g/mol. The van der Waals surface area contributed by atoms with Crippen molar-refractivity contribution in [2.45, 2.75) is 12.8 Å². The molecule has 0 aromatic carbocycles. The highest BCUT2D eigenvalue weighted by molar-refractivity contribution is 4.76. The molecule has 1 aliphatic heterocycles. The molecule has 0 bridgehead atoms. The molecule has 3 N–H and O–H groups in total. The standard InChI is InChI=1S/C9H20N2O/c1-11-4-2-8(3-5-11)9(6-10)7-12/h8-9,12H,2-7,10H2,1H3. The number of piperidine rings is 1. The molecule has 1 rings (SSSR count). The van der Waals surface area contributed by atoms with Crippen LogP contribution in [0.5, 0.6) is 0 Å². The van der Waals surface area contributed by atoms with Crippen molar-refractivity contribution in [2.75, 3.05) is 33.3 Å². The van der Waals surface area contributed by atoms with Crippen LogP contribution in [0.15, 0.2) is 0 Å². The summed E-state index contributed by atoms with van der Waals surface area (Å²) in [4.78, 5) is 2.33. The second-order valence-electron chi connectivity index (χ2n) is 3.82. The van der Waals surface area contributed by atoms with Gasteiger partial charge < -0.3 is 15.7 Å². The molecule has 1 saturated heterocycles. The third-order valence-corrected chi connectivity index (χ3v) is 2.97. The molecular formula is C9H20N2O. The average molecular weight is 172 g/mol. The van der Waals surface area contributed by atoms with Crippen molar-refractivity contribution in [3.8, 4) is 0 Å². The third kappa shape index (κ3) is 2.44. The van der Waals surface area contributed by atoms with E-state index in [2.05, 4.69) is 11.9 Å². The van der Waals surface area contributed by atoms with Crippen molar-refractivity contribution < 1.29 is 5.11 Å². The van der Waals surface area contributed by atoms with Gasteiger partial charge in [-0.15, -0.1) is 0 Å². The molecule has 0 radical (unpaired) electrons. The Labute approximate surface area is 74.5 Å². The summed E-state index contributed by atoms with van der Waals surface area (Å²) in [6, 6.07) is 0. The van der Waals surface area contributed by atoms with Gasteiger partial charge >= 0.3 is 0 Å². The zero-order valence-electron chi connectivity index (χ0n) is 7.87. The molecule has 1 atom stereocenters. The molecule has 1 heterocycles. The van der Waals surface area contributed by atoms with E-state index in [4.69, 9.17) is 10.8 Å². The molecule has 0 amide bonds. The van der Waals surface area contributed by atoms with E-state index < -0.39 is 0 Å². The van der Waals surface area contributed by atoms with Gasteiger partial charge in [-0.25, -0.2) is 0 Å². The van der Waals surface area contributed by atoms with Crippen molar-refractivity contribution in [2.24, 2.45) is 17.6 Å². The molecule has 0 aliphatic carbocycles. The van der Waals surface area contributed by atoms with E-state index >= 15 is 0 Å². The number of nitrogens with two attached hydrogens (primary N) is 1. The lowest BCUT2D eigenvalue weighted by Gasteiger charge is -2.32. The van der Waals surface area contributed by atoms with Gasteiger partial charge in [0, 0.05) is 6.61 Å². The Hall–Kier alpha value is -0.120. The Morgan fingerprint density at radius 3 is 2.50 bits per heavy atom. The van der Waals surface area contributed by atoms with Gasteiger partial charge in [-0.2, -0.15) is 0 Å². The summed E-state index contributed by atoms with van der Waals surface area (Å²) in [5.74, 6) is 0.981. The molecule has 0 aromatic heterocycles. The van der Waals surface area contributed by atoms with Crippen LogP contribution in [0.2, 0.25) is 0 Å². The van der Waals surface area contributed by atoms with Crippen molar-refractivity contribution in [1.29, 1.82) is 0 Å². The maximum Gasteiger partial charge on any atom is 0.0474 e. The molecule has 1 aliphatic rings. The fourth-order valence-electron chi connectivity index (χ4n) is 1.92. The van der Waals surface area contributed by atoms with Crippen LogP contribution in [0.25, 0.3) is 0 Å². The fourth-order valence-corrected chi connectivity index (χ4v) is 1.92. The highest BCUT2D eigenvalue weighted by Crippen LogP contribution is 2.23. The zero-order chi connectivity index (χ0) is 8.97. The van der Waals surface area contributed by atoms with Gasteiger partial charge in [0.15, 0.2) is 0 Å². The molecule has 12 heavy (non-hydrogen) atoms. The fraction of sp³-hybridized carbons (Fsp3) is 1.00. The van der Waals surface area contributed by atoms with E-state index in [0.717, 1.165) is 13.1 Å². The lowest BCUT2D eigenvalue weighted by atomic mass is 9.85. The van der Waals surface area contributed by atoms with Crippen LogP contribution >= 0.6 is 0 Å². The summed E-state index contributed by atoms with van der Waals surface area (Å²) >= 11 is 0. The van der Waals surface area contributed by atoms with E-state index in [0.29, 0.717) is 18.4 Å². The normalized spacial score (nSPS) is 24.2. The molecule has 3 heteroatoms. The van der Waals surface area contributed by atoms with Crippen LogP contribution in [0, 0.1) is 11.8 Å². The summed E-state index contributed by atoms with van der Waals surface area (Å²) in [7, 11) is 2.15. The maximum atomic E-state index is 9.05. The third-order valence-electron chi connectivity index (χ3n) is 2.97. The number of aliphatic hydroxyl groups is 1. The Bertz CT molecular complexity index is 118. The predicted octanol–water partition coefficient (Wildman–Crippen LogP) is -0.105. The van der Waals surface area contributed by atoms with Gasteiger partial charge in [0.2, 0.25) is 0 Å². The Kier molecular flexibility index (Phi) is 3.98. The number of nitrogens with zero attached hydrogens (tertiary/aromatic N) is 1. The molecule has 0 aromatic rings. The second kappa shape index (κ2) is 4.80. The van der Waals surface area contributed by atoms with Gasteiger partial charge in [0.25, 0.3) is 0 Å². The van der Waals surface area contributed by atoms with E-state index in [1.807, 2.05) is 0 Å². The van der Waals surface area contributed by atoms with Crippen LogP contribution in [-0.2, 0) is 0 Å². The minimum atomic E-state index is 0.255. The predicted molar refractivity (Wildman–Crippen MR) is 49.9 cm³/mol. The minimum absolute atomic E-state index is 0.255. The number of hydrogen-bond donors (Lipinski definition) is 2. The molecule has 1 unspecified atom stereocenters. The smallest absolute Gasteiger partial charge is 0.0474 e. The van der Waals surface area contributed by atoms with E-state index in [-0.39, 0.29) is 6.61 Å². The summed E-state index contributed by atoms with van der Waals surface area (Å²) in [6.45, 7) is 3.19. The van der Waals surface area contributed by atoms with E-state index in [9.17, 15) is 0 Å². The second-order valence-corrected chi connectivity index (χ2v) is 3.82. The summed E-state index contributed by atoms with van der Waals surface area (Å²) in [5, 5.41) is 9.05. The largest absolute Gasteiger partial charge is 0.396 e. The first-order chi connectivity index (χ1) is 5.77. The van der Waals surface area contributed by atoms with Crippen LogP contribution < -0.4 is 5.73 Å². The Morgan fingerprint density at radius 2 is 2.08 bits per heavy atom. The van der Waals surface area contributed by atoms with E-state index in [1.54, 1.807) is 0 Å². The van der Waals surface area contributed by atoms with Crippen molar-refractivity contribution in [3.63, 3.8) is 0 Å². The van der Waals surface area contributed by atoms with E-state index in [1.165, 1.54) is 12.8 Å². The van der Waals surface area contributed by atoms with Gasteiger partial charge in [0.1, 0.15) is 0 Å². The van der Waals surface area contributed by atoms with Gasteiger partial charge in [-0.05, 0) is 51.4 Å². The summed E-state index contributed by atoms with van der Waals surface area (Å²) < 4.78 is 0. The molecule has 1 fully saturated rings. The zero-order valence-corrected chi connectivity index (χ0v) is 7.87. The van der Waals surface area contributed by atoms with Gasteiger partial charge in [-0.1, -0.05) is 0 Å². The molecule has 0 saturated carbocycles. The van der Waals surface area contributed by atoms with Crippen LogP contribution in [0.4, 0.5) is 0 Å². The van der Waals surface area contributed by atoms with Gasteiger partial charge in [0.05, 0.1) is 0 Å². The first-order valence-corrected chi connectivity index (χ1v) is 4.77. The molecule has 0 spiro atoms. The molecular weight excluding hydrogens is 152 g/mol. The SMILES string of the molecule is CN1CCC(C(CN)CO)CC1. The first-order valence-electron chi connectivity index (χ1n) is 4.77. The molecule has 72 valence electrons. The topological polar surface area (TPSA) is 49.5 Å². The first kappa shape index (κ1) is 9.96. The van der Waals surface area contributed by atoms with Crippen molar-refractivity contribution in [3.05, 3.63) is 0 Å². The van der Waals surface area contributed by atoms with Crippen LogP contribution in [-0.4, -0.2) is 43.3 Å². The average Bonchev–Trinajstić information content (AvgIpc) is 2.10. The minimum Gasteiger partial charge on any atom is -0.396 e. The maximum absolute atomic E-state index is 9.05. The Balaban J connectivity index is 2.32. The Morgan fingerprint density at radius 1 is 1.50 bits per heavy atom. The number of aliphatic hydroxyl groups excluding tert-OH is 1. The highest BCUT2D eigenvalue weighted by atomic mass is 16.3. The van der Waals surface area contributed by atoms with Crippen molar-refractivity contribution in [1.82, 2.24) is 4.90 Å². The quantitative estimate of drug-likeness (QED) is 0.625. The van der Waals surface area contributed by atoms with Crippen LogP contribution in [0.1, 0.15) is 12.8 Å². The molecule has 3 nitrogen and oxygen atoms in total. The number of rotatable bonds is 3.